The lowest BCUT2D eigenvalue weighted by atomic mass is 10.1. The molecule has 0 saturated carbocycles. The molecule has 0 aromatic carbocycles. The summed E-state index contributed by atoms with van der Waals surface area (Å²) in [5, 5.41) is 51.3. The summed E-state index contributed by atoms with van der Waals surface area (Å²) in [6.45, 7) is -0.587. The maximum absolute atomic E-state index is 12.6. The molecule has 30 heavy (non-hydrogen) atoms. The molecule has 14 heteroatoms. The molecular formula is C16H22N6O8. The molecule has 2 saturated heterocycles. The summed E-state index contributed by atoms with van der Waals surface area (Å²) < 4.78 is 12.0. The van der Waals surface area contributed by atoms with Gasteiger partial charge < -0.3 is 40.3 Å². The van der Waals surface area contributed by atoms with Crippen molar-refractivity contribution in [1.29, 1.82) is 0 Å². The number of hydrogen-bond acceptors (Lipinski definition) is 11. The van der Waals surface area contributed by atoms with Gasteiger partial charge in [-0.2, -0.15) is 0 Å². The summed E-state index contributed by atoms with van der Waals surface area (Å²) in [6, 6.07) is -0.671. The molecule has 0 spiro atoms. The maximum Gasteiger partial charge on any atom is 0.324 e. The van der Waals surface area contributed by atoms with Crippen LogP contribution < -0.4 is 10.2 Å². The van der Waals surface area contributed by atoms with Gasteiger partial charge in [0.1, 0.15) is 36.8 Å². The Labute approximate surface area is 169 Å². The van der Waals surface area contributed by atoms with Crippen LogP contribution in [0.3, 0.4) is 0 Å². The van der Waals surface area contributed by atoms with Crippen LogP contribution in [0, 0.1) is 0 Å². The first-order valence-electron chi connectivity index (χ1n) is 9.15. The number of aliphatic hydroxyl groups is 5. The van der Waals surface area contributed by atoms with E-state index in [1.807, 2.05) is 0 Å². The Morgan fingerprint density at radius 3 is 2.63 bits per heavy atom. The highest BCUT2D eigenvalue weighted by atomic mass is 16.6. The van der Waals surface area contributed by atoms with Gasteiger partial charge >= 0.3 is 6.03 Å². The van der Waals surface area contributed by atoms with E-state index in [0.717, 1.165) is 4.90 Å². The second-order valence-electron chi connectivity index (χ2n) is 7.07. The van der Waals surface area contributed by atoms with E-state index >= 15 is 0 Å². The molecule has 0 bridgehead atoms. The first kappa shape index (κ1) is 20.8. The number of imidazole rings is 1. The lowest BCUT2D eigenvalue weighted by Crippen LogP contribution is -2.48. The highest BCUT2D eigenvalue weighted by molar-refractivity contribution is 5.97. The molecule has 164 valence electrons. The van der Waals surface area contributed by atoms with E-state index < -0.39 is 55.6 Å². The van der Waals surface area contributed by atoms with Gasteiger partial charge in [-0.3, -0.25) is 9.47 Å². The molecule has 6 N–H and O–H groups in total. The van der Waals surface area contributed by atoms with Crippen LogP contribution in [0.4, 0.5) is 10.6 Å². The first-order valence-corrected chi connectivity index (χ1v) is 9.15. The second kappa shape index (κ2) is 7.99. The lowest BCUT2D eigenvalue weighted by Gasteiger charge is -2.22. The van der Waals surface area contributed by atoms with Crippen molar-refractivity contribution in [2.45, 2.75) is 43.0 Å². The van der Waals surface area contributed by atoms with Gasteiger partial charge in [0, 0.05) is 7.05 Å². The van der Waals surface area contributed by atoms with Gasteiger partial charge in [-0.25, -0.2) is 19.7 Å². The minimum Gasteiger partial charge on any atom is -0.394 e. The quantitative estimate of drug-likeness (QED) is 0.286. The van der Waals surface area contributed by atoms with Crippen molar-refractivity contribution in [3.8, 4) is 0 Å². The van der Waals surface area contributed by atoms with Crippen LogP contribution >= 0.6 is 0 Å². The molecule has 2 aromatic heterocycles. The normalized spacial score (nSPS) is 33.9. The van der Waals surface area contributed by atoms with Crippen LogP contribution in [0.25, 0.3) is 11.2 Å². The minimum absolute atomic E-state index is 0.109. The zero-order valence-corrected chi connectivity index (χ0v) is 15.8. The molecule has 0 radical (unpaired) electrons. The van der Waals surface area contributed by atoms with Crippen LogP contribution in [-0.2, 0) is 9.47 Å². The summed E-state index contributed by atoms with van der Waals surface area (Å²) in [7, 11) is 1.42. The molecule has 2 fully saturated rings. The van der Waals surface area contributed by atoms with E-state index in [4.69, 9.17) is 9.47 Å². The third-order valence-corrected chi connectivity index (χ3v) is 5.17. The number of urea groups is 1. The van der Waals surface area contributed by atoms with Crippen molar-refractivity contribution in [3.63, 3.8) is 0 Å². The second-order valence-corrected chi connectivity index (χ2v) is 7.07. The number of hydrogen-bond donors (Lipinski definition) is 6. The lowest BCUT2D eigenvalue weighted by molar-refractivity contribution is -0.0511. The molecule has 7 atom stereocenters. The first-order chi connectivity index (χ1) is 14.3. The Balaban J connectivity index is 1.58. The number of aromatic nitrogens is 4. The number of nitrogens with zero attached hydrogens (tertiary/aromatic N) is 5. The highest BCUT2D eigenvalue weighted by Gasteiger charge is 2.44. The molecule has 14 nitrogen and oxygen atoms in total. The zero-order valence-electron chi connectivity index (χ0n) is 15.8. The van der Waals surface area contributed by atoms with Crippen LogP contribution in [-0.4, -0.2) is 108 Å². The Hall–Kier alpha value is -2.46. The van der Waals surface area contributed by atoms with Gasteiger partial charge in [0.25, 0.3) is 0 Å². The average Bonchev–Trinajstić information content (AvgIpc) is 3.39. The molecule has 0 aliphatic carbocycles. The molecule has 1 unspecified atom stereocenters. The fourth-order valence-electron chi connectivity index (χ4n) is 3.42. The van der Waals surface area contributed by atoms with Crippen LogP contribution in [0.5, 0.6) is 0 Å². The largest absolute Gasteiger partial charge is 0.394 e. The summed E-state index contributed by atoms with van der Waals surface area (Å²) in [4.78, 5) is 26.1. The molecular weight excluding hydrogens is 404 g/mol. The van der Waals surface area contributed by atoms with Crippen molar-refractivity contribution >= 4 is 23.0 Å². The molecule has 2 aliphatic rings. The number of rotatable bonds is 4. The van der Waals surface area contributed by atoms with Crippen molar-refractivity contribution in [2.75, 3.05) is 25.2 Å². The van der Waals surface area contributed by atoms with Gasteiger partial charge in [0.05, 0.1) is 19.5 Å². The third-order valence-electron chi connectivity index (χ3n) is 5.17. The Morgan fingerprint density at radius 2 is 2.00 bits per heavy atom. The van der Waals surface area contributed by atoms with E-state index in [-0.39, 0.29) is 23.6 Å². The van der Waals surface area contributed by atoms with Crippen LogP contribution in [0.1, 0.15) is 6.23 Å². The fourth-order valence-corrected chi connectivity index (χ4v) is 3.42. The van der Waals surface area contributed by atoms with E-state index in [9.17, 15) is 30.3 Å². The Morgan fingerprint density at radius 1 is 1.23 bits per heavy atom. The predicted molar refractivity (Wildman–Crippen MR) is 97.0 cm³/mol. The van der Waals surface area contributed by atoms with E-state index in [1.54, 1.807) is 0 Å². The van der Waals surface area contributed by atoms with Crippen molar-refractivity contribution in [1.82, 2.24) is 24.8 Å². The molecule has 4 rings (SSSR count). The smallest absolute Gasteiger partial charge is 0.324 e. The standard InChI is InChI=1S/C16H22N6O8/c1-21(16(28)20-14-9(25)6(24)3-29-14)12-8-13(18-4-17-12)22(5-19-8)15-11(27)10(26)7(2-23)30-15/h4-7,9-11,14-15,23-27H,2-3H2,1H3,(H,20,28)/t6-,7-,9+,10-,11-,14?,15-/m1/s1. The molecule has 2 aliphatic heterocycles. The highest BCUT2D eigenvalue weighted by Crippen LogP contribution is 2.32. The molecule has 4 heterocycles. The van der Waals surface area contributed by atoms with Gasteiger partial charge in [-0.15, -0.1) is 0 Å². The fraction of sp³-hybridized carbons (Fsp3) is 0.625. The maximum atomic E-state index is 12.6. The summed E-state index contributed by atoms with van der Waals surface area (Å²) >= 11 is 0. The summed E-state index contributed by atoms with van der Waals surface area (Å²) in [5.74, 6) is 0.121. The monoisotopic (exact) mass is 426 g/mol. The van der Waals surface area contributed by atoms with Crippen LogP contribution in [0.15, 0.2) is 12.7 Å². The number of nitrogens with one attached hydrogen (secondary N) is 1. The number of fused-ring (bicyclic) bond motifs is 1. The van der Waals surface area contributed by atoms with Crippen molar-refractivity contribution < 1.29 is 39.8 Å². The van der Waals surface area contributed by atoms with Crippen molar-refractivity contribution in [2.24, 2.45) is 0 Å². The van der Waals surface area contributed by atoms with Gasteiger partial charge in [-0.05, 0) is 0 Å². The van der Waals surface area contributed by atoms with Crippen molar-refractivity contribution in [3.05, 3.63) is 12.7 Å². The Kier molecular flexibility index (Phi) is 5.54. The van der Waals surface area contributed by atoms with Gasteiger partial charge in [-0.1, -0.05) is 0 Å². The minimum atomic E-state index is -1.33. The average molecular weight is 426 g/mol. The third kappa shape index (κ3) is 3.37. The molecule has 2 amide bonds. The Bertz CT molecular complexity index is 926. The SMILES string of the molecule is CN(C(=O)NC1OC[C@@H](O)[C@@H]1O)c1ncnc2c1ncn2[C@@H]1O[C@H](CO)[C@@H](O)[C@H]1O. The van der Waals surface area contributed by atoms with Gasteiger partial charge in [0.15, 0.2) is 29.4 Å². The van der Waals surface area contributed by atoms with Gasteiger partial charge in [0.2, 0.25) is 0 Å². The molecule has 2 aromatic rings. The summed E-state index contributed by atoms with van der Waals surface area (Å²) in [6.07, 6.45) is -5.58. The number of carbonyl (C=O) groups is 1. The zero-order chi connectivity index (χ0) is 21.6. The summed E-state index contributed by atoms with van der Waals surface area (Å²) in [5.41, 5.74) is 0.433. The number of amides is 2. The number of carbonyl (C=O) groups excluding carboxylic acids is 1. The number of anilines is 1. The predicted octanol–water partition coefficient (Wildman–Crippen LogP) is -3.34. The number of aliphatic hydroxyl groups excluding tert-OH is 5. The van der Waals surface area contributed by atoms with E-state index in [1.165, 1.54) is 24.3 Å². The van der Waals surface area contributed by atoms with E-state index in [2.05, 4.69) is 20.3 Å². The topological polar surface area (TPSA) is 196 Å². The van der Waals surface area contributed by atoms with Crippen LogP contribution in [0.2, 0.25) is 0 Å². The van der Waals surface area contributed by atoms with E-state index in [0.29, 0.717) is 0 Å². The number of ether oxygens (including phenoxy) is 2.